The number of ether oxygens (including phenoxy) is 1. The molecule has 2 atom stereocenters. The van der Waals surface area contributed by atoms with Crippen LogP contribution in [0.4, 0.5) is 15.0 Å². The molecule has 0 aliphatic rings. The molecule has 0 fully saturated rings. The monoisotopic (exact) mass is 599 g/mol. The van der Waals surface area contributed by atoms with E-state index in [0.29, 0.717) is 5.56 Å². The van der Waals surface area contributed by atoms with Crippen LogP contribution in [0.2, 0.25) is 5.02 Å². The van der Waals surface area contributed by atoms with E-state index in [1.807, 2.05) is 24.3 Å². The number of amides is 2. The lowest BCUT2D eigenvalue weighted by atomic mass is 10.1. The topological polar surface area (TPSA) is 159 Å². The molecule has 14 heteroatoms. The van der Waals surface area contributed by atoms with Crippen LogP contribution >= 0.6 is 19.4 Å². The largest absolute Gasteiger partial charge is 0.469 e. The number of halogens is 2. The van der Waals surface area contributed by atoms with E-state index in [1.165, 1.54) is 24.1 Å². The van der Waals surface area contributed by atoms with Crippen LogP contribution in [-0.4, -0.2) is 69.2 Å². The van der Waals surface area contributed by atoms with Crippen molar-refractivity contribution in [2.45, 2.75) is 38.8 Å². The van der Waals surface area contributed by atoms with E-state index in [0.717, 1.165) is 10.8 Å². The van der Waals surface area contributed by atoms with Crippen molar-refractivity contribution in [2.24, 2.45) is 0 Å². The number of nitrogens with zero attached hydrogens (tertiary/aromatic N) is 2. The molecule has 0 spiro atoms. The van der Waals surface area contributed by atoms with E-state index in [1.54, 1.807) is 18.3 Å². The molecule has 0 saturated heterocycles. The summed E-state index contributed by atoms with van der Waals surface area (Å²) in [5.74, 6) is -0.799. The van der Waals surface area contributed by atoms with Crippen molar-refractivity contribution in [3.63, 3.8) is 0 Å². The number of pyridine rings is 1. The van der Waals surface area contributed by atoms with Gasteiger partial charge in [-0.05, 0) is 35.9 Å². The maximum atomic E-state index is 13.7. The fourth-order valence-electron chi connectivity index (χ4n) is 3.73. The molecule has 3 aromatic rings. The molecule has 218 valence electrons. The molecular weight excluding hydrogens is 568 g/mol. The first-order valence-corrected chi connectivity index (χ1v) is 13.7. The molecule has 0 radical (unpaired) electrons. The number of carbonyl (C=O) groups is 2. The minimum absolute atomic E-state index is 0. The van der Waals surface area contributed by atoms with E-state index in [-0.39, 0.29) is 44.1 Å². The number of phosphoric ester groups is 1. The van der Waals surface area contributed by atoms with Crippen LogP contribution in [0.25, 0.3) is 10.8 Å². The molecule has 0 unspecified atom stereocenters. The molecule has 0 bridgehead atoms. The highest BCUT2D eigenvalue weighted by Crippen LogP contribution is 2.36. The predicted octanol–water partition coefficient (Wildman–Crippen LogP) is 4.53. The van der Waals surface area contributed by atoms with E-state index in [4.69, 9.17) is 26.1 Å². The molecule has 40 heavy (non-hydrogen) atoms. The first-order chi connectivity index (χ1) is 18.4. The van der Waals surface area contributed by atoms with Gasteiger partial charge in [-0.3, -0.25) is 14.6 Å². The van der Waals surface area contributed by atoms with E-state index in [2.05, 4.69) is 14.8 Å². The molecule has 0 saturated carbocycles. The van der Waals surface area contributed by atoms with Crippen molar-refractivity contribution >= 4 is 48.0 Å². The van der Waals surface area contributed by atoms with Gasteiger partial charge in [0.05, 0.1) is 23.8 Å². The number of aliphatic hydroxyl groups is 1. The predicted molar refractivity (Wildman–Crippen MR) is 148 cm³/mol. The van der Waals surface area contributed by atoms with Gasteiger partial charge >= 0.3 is 13.9 Å². The number of fused-ring (bicyclic) bond motifs is 1. The quantitative estimate of drug-likeness (QED) is 0.219. The van der Waals surface area contributed by atoms with Crippen LogP contribution in [0, 0.1) is 5.82 Å². The zero-order valence-corrected chi connectivity index (χ0v) is 22.5. The number of anilines is 1. The number of phosphoric acid groups is 1. The SMILES string of the molecule is C.CN(C(=O)CCc1cccc(F)c1Cl)[C@@H](COC(=O)Nc1cc2ccccc2cn1)C[C@H](O)COP(=O)(O)O. The van der Waals surface area contributed by atoms with Crippen molar-refractivity contribution in [1.82, 2.24) is 9.88 Å². The zero-order valence-electron chi connectivity index (χ0n) is 20.9. The number of hydrogen-bond donors (Lipinski definition) is 4. The minimum Gasteiger partial charge on any atom is -0.447 e. The molecule has 0 aliphatic heterocycles. The number of nitrogens with one attached hydrogen (secondary N) is 1. The third-order valence-electron chi connectivity index (χ3n) is 5.83. The molecule has 11 nitrogen and oxygen atoms in total. The standard InChI is InChI=1S/C25H28ClFN3O8P.CH4/c1-30(23(32)10-9-16-7-4-8-21(27)24(16)26)19(12-20(31)15-38-39(34,35)36)14-37-25(33)29-22-11-17-5-2-3-6-18(17)13-28-22;/h2-8,11,13,19-20,31H,9-10,12,14-15H2,1H3,(H,28,29,33)(H2,34,35,36);1H4/t19-,20+;/m1./s1. The van der Waals surface area contributed by atoms with Gasteiger partial charge in [-0.15, -0.1) is 0 Å². The van der Waals surface area contributed by atoms with Crippen LogP contribution < -0.4 is 5.32 Å². The lowest BCUT2D eigenvalue weighted by molar-refractivity contribution is -0.133. The summed E-state index contributed by atoms with van der Waals surface area (Å²) >= 11 is 5.96. The number of likely N-dealkylation sites (N-methyl/N-ethyl adjacent to an activating group) is 1. The summed E-state index contributed by atoms with van der Waals surface area (Å²) in [5.41, 5.74) is 0.434. The molecule has 2 amide bonds. The van der Waals surface area contributed by atoms with Crippen molar-refractivity contribution < 1.29 is 42.7 Å². The van der Waals surface area contributed by atoms with Gasteiger partial charge < -0.3 is 24.5 Å². The smallest absolute Gasteiger partial charge is 0.447 e. The molecule has 2 aromatic carbocycles. The highest BCUT2D eigenvalue weighted by atomic mass is 35.5. The Morgan fingerprint density at radius 2 is 1.85 bits per heavy atom. The number of hydrogen-bond acceptors (Lipinski definition) is 7. The zero-order chi connectivity index (χ0) is 28.6. The highest BCUT2D eigenvalue weighted by molar-refractivity contribution is 7.46. The van der Waals surface area contributed by atoms with Gasteiger partial charge in [-0.25, -0.2) is 18.7 Å². The van der Waals surface area contributed by atoms with Crippen molar-refractivity contribution in [1.29, 1.82) is 0 Å². The normalized spacial score (nSPS) is 12.8. The Morgan fingerprint density at radius 1 is 1.15 bits per heavy atom. The van der Waals surface area contributed by atoms with Gasteiger partial charge in [0.1, 0.15) is 18.2 Å². The minimum atomic E-state index is -4.83. The Balaban J connectivity index is 0.00000560. The third kappa shape index (κ3) is 10.1. The Labute approximate surface area is 236 Å². The number of rotatable bonds is 12. The second-order valence-corrected chi connectivity index (χ2v) is 10.3. The average Bonchev–Trinajstić information content (AvgIpc) is 2.89. The lowest BCUT2D eigenvalue weighted by Gasteiger charge is -2.29. The second-order valence-electron chi connectivity index (χ2n) is 8.69. The Kier molecular flexibility index (Phi) is 12.4. The van der Waals surface area contributed by atoms with Gasteiger partial charge in [0.15, 0.2) is 0 Å². The molecule has 0 aliphatic carbocycles. The summed E-state index contributed by atoms with van der Waals surface area (Å²) < 4.78 is 34.3. The fraction of sp³-hybridized carbons (Fsp3) is 0.346. The Morgan fingerprint density at radius 3 is 2.55 bits per heavy atom. The van der Waals surface area contributed by atoms with Crippen LogP contribution in [0.5, 0.6) is 0 Å². The highest BCUT2D eigenvalue weighted by Gasteiger charge is 2.26. The van der Waals surface area contributed by atoms with Gasteiger partial charge in [0, 0.05) is 25.1 Å². The molecular formula is C26H32ClFN3O8P. The van der Waals surface area contributed by atoms with Crippen LogP contribution in [0.3, 0.4) is 0 Å². The molecule has 1 aromatic heterocycles. The number of benzene rings is 2. The molecule has 1 heterocycles. The van der Waals surface area contributed by atoms with Gasteiger partial charge in [-0.1, -0.05) is 55.4 Å². The summed E-state index contributed by atoms with van der Waals surface area (Å²) in [6.45, 7) is -1.08. The van der Waals surface area contributed by atoms with E-state index < -0.39 is 44.4 Å². The first kappa shape index (κ1) is 33.1. The van der Waals surface area contributed by atoms with Crippen LogP contribution in [0.15, 0.2) is 54.7 Å². The molecule has 3 rings (SSSR count). The van der Waals surface area contributed by atoms with Crippen molar-refractivity contribution in [3.05, 3.63) is 71.1 Å². The summed E-state index contributed by atoms with van der Waals surface area (Å²) in [6.07, 6.45) is -0.850. The Hall–Kier alpha value is -3.12. The maximum Gasteiger partial charge on any atom is 0.469 e. The van der Waals surface area contributed by atoms with Crippen LogP contribution in [0.1, 0.15) is 25.8 Å². The third-order valence-corrected chi connectivity index (χ3v) is 6.74. The van der Waals surface area contributed by atoms with Gasteiger partial charge in [0.2, 0.25) is 5.91 Å². The van der Waals surface area contributed by atoms with E-state index >= 15 is 0 Å². The number of aromatic nitrogens is 1. The van der Waals surface area contributed by atoms with Crippen molar-refractivity contribution in [2.75, 3.05) is 25.6 Å². The maximum absolute atomic E-state index is 13.7. The average molecular weight is 600 g/mol. The van der Waals surface area contributed by atoms with Crippen LogP contribution in [-0.2, 0) is 25.0 Å². The fourth-order valence-corrected chi connectivity index (χ4v) is 4.32. The molecule has 4 N–H and O–H groups in total. The first-order valence-electron chi connectivity index (χ1n) is 11.8. The van der Waals surface area contributed by atoms with Crippen molar-refractivity contribution in [3.8, 4) is 0 Å². The number of aliphatic hydroxyl groups excluding tert-OH is 1. The van der Waals surface area contributed by atoms with Gasteiger partial charge in [-0.2, -0.15) is 0 Å². The summed E-state index contributed by atoms with van der Waals surface area (Å²) in [4.78, 5) is 48.5. The Bertz CT molecular complexity index is 1360. The van der Waals surface area contributed by atoms with Gasteiger partial charge in [0.25, 0.3) is 0 Å². The summed E-state index contributed by atoms with van der Waals surface area (Å²) in [6, 6.07) is 12.4. The van der Waals surface area contributed by atoms with E-state index in [9.17, 15) is 23.7 Å². The summed E-state index contributed by atoms with van der Waals surface area (Å²) in [7, 11) is -3.41. The summed E-state index contributed by atoms with van der Waals surface area (Å²) in [5, 5.41) is 14.4. The lowest BCUT2D eigenvalue weighted by Crippen LogP contribution is -2.43. The second kappa shape index (κ2) is 15.0. The number of aryl methyl sites for hydroxylation is 1. The number of carbonyl (C=O) groups excluding carboxylic acids is 2.